The molecule has 0 aromatic carbocycles. The van der Waals surface area contributed by atoms with Gasteiger partial charge in [-0.25, -0.2) is 0 Å². The lowest BCUT2D eigenvalue weighted by Crippen LogP contribution is -2.44. The van der Waals surface area contributed by atoms with E-state index in [0.29, 0.717) is 31.2 Å². The molecule has 0 radical (unpaired) electrons. The van der Waals surface area contributed by atoms with Crippen LogP contribution >= 0.6 is 11.8 Å². The van der Waals surface area contributed by atoms with Gasteiger partial charge in [-0.2, -0.15) is 0 Å². The molecule has 0 rings (SSSR count). The fourth-order valence-electron chi connectivity index (χ4n) is 4.55. The molecule has 0 aliphatic carbocycles. The van der Waals surface area contributed by atoms with Gasteiger partial charge in [0, 0.05) is 34.9 Å². The van der Waals surface area contributed by atoms with Crippen molar-refractivity contribution < 1.29 is 37.8 Å². The second-order valence-corrected chi connectivity index (χ2v) is 42.8. The van der Waals surface area contributed by atoms with Crippen LogP contribution in [0.5, 0.6) is 0 Å². The normalized spacial score (nSPS) is 14.4. The molecular weight excluding hydrogens is 801 g/mol. The molecule has 0 heterocycles. The molecule has 0 aliphatic rings. The summed E-state index contributed by atoms with van der Waals surface area (Å²) in [5, 5.41) is 9.39. The summed E-state index contributed by atoms with van der Waals surface area (Å²) in [6, 6.07) is 1.96. The van der Waals surface area contributed by atoms with Gasteiger partial charge in [0.1, 0.15) is 0 Å². The first kappa shape index (κ1) is 58.3. The number of carbonyl (C=O) groups excluding carboxylic acids is 3. The summed E-state index contributed by atoms with van der Waals surface area (Å²) in [6.07, 6.45) is 15.7. The Morgan fingerprint density at radius 1 is 0.632 bits per heavy atom. The first-order valence-corrected chi connectivity index (χ1v) is 35.9. The van der Waals surface area contributed by atoms with E-state index in [0.717, 1.165) is 37.1 Å². The van der Waals surface area contributed by atoms with E-state index in [1.54, 1.807) is 0 Å². The maximum Gasteiger partial charge on any atom is 0.308 e. The maximum atomic E-state index is 12.5. The molecule has 1 N–H and O–H groups in total. The van der Waals surface area contributed by atoms with Gasteiger partial charge in [0.2, 0.25) is 0 Å². The molecular formula is C44H90O8SSi4. The average molecular weight is 892 g/mol. The van der Waals surface area contributed by atoms with Crippen LogP contribution < -0.4 is 0 Å². The van der Waals surface area contributed by atoms with Crippen LogP contribution in [0.3, 0.4) is 0 Å². The van der Waals surface area contributed by atoms with E-state index >= 15 is 0 Å². The van der Waals surface area contributed by atoms with Gasteiger partial charge in [-0.1, -0.05) is 149 Å². The third-order valence-electron chi connectivity index (χ3n) is 10.5. The number of hydrogen-bond donors (Lipinski definition) is 1. The van der Waals surface area contributed by atoms with Gasteiger partial charge >= 0.3 is 11.9 Å². The molecule has 0 saturated heterocycles. The third-order valence-corrected chi connectivity index (χ3v) is 23.9. The van der Waals surface area contributed by atoms with Crippen molar-refractivity contribution in [2.45, 2.75) is 213 Å². The third kappa shape index (κ3) is 32.6. The standard InChI is InChI=1S/C26H52O4SSi2.C18H38O4Si2/c1-10-11-12-13-14-18-25(28)31-20-16-15-17-23(30-33(8,9)26(2,3)4)22-24(27)29-19-21-32(5,6)7;1-18(2,3)24(7,8)22-16(11-9-10-12-19)15-17(20)21-13-14-23(4,5)6/h15,17,23H,10-14,16,18-22H2,1-9H3;9,11,16,19H,10,12-15H2,1-8H3/b17-15+;11-9+/t23-;16-/m11/s1. The largest absolute Gasteiger partial charge is 0.466 e. The molecule has 0 unspecified atom stereocenters. The Morgan fingerprint density at radius 3 is 1.40 bits per heavy atom. The Hall–Kier alpha value is -0.812. The highest BCUT2D eigenvalue weighted by molar-refractivity contribution is 8.13. The summed E-state index contributed by atoms with van der Waals surface area (Å²) >= 11 is 1.43. The summed E-state index contributed by atoms with van der Waals surface area (Å²) in [4.78, 5) is 36.7. The van der Waals surface area contributed by atoms with Crippen molar-refractivity contribution >= 4 is 61.6 Å². The number of aliphatic hydroxyl groups is 1. The summed E-state index contributed by atoms with van der Waals surface area (Å²) in [6.45, 7) is 38.9. The molecule has 0 fully saturated rings. The van der Waals surface area contributed by atoms with Crippen LogP contribution in [0.15, 0.2) is 24.3 Å². The highest BCUT2D eigenvalue weighted by Gasteiger charge is 2.40. The first-order valence-electron chi connectivity index (χ1n) is 21.7. The van der Waals surface area contributed by atoms with E-state index in [1.807, 2.05) is 18.2 Å². The zero-order valence-corrected chi connectivity index (χ0v) is 44.8. The molecule has 0 bridgehead atoms. The van der Waals surface area contributed by atoms with Crippen molar-refractivity contribution in [2.75, 3.05) is 25.6 Å². The first-order chi connectivity index (χ1) is 26.0. The van der Waals surface area contributed by atoms with E-state index in [-0.39, 0.29) is 53.7 Å². The number of thioether (sulfide) groups is 1. The van der Waals surface area contributed by atoms with Crippen LogP contribution in [0.2, 0.25) is 87.6 Å². The smallest absolute Gasteiger partial charge is 0.308 e. The molecule has 0 saturated carbocycles. The van der Waals surface area contributed by atoms with Crippen molar-refractivity contribution in [2.24, 2.45) is 0 Å². The highest BCUT2D eigenvalue weighted by Crippen LogP contribution is 2.39. The Bertz CT molecular complexity index is 1180. The van der Waals surface area contributed by atoms with Gasteiger partial charge in [0.25, 0.3) is 0 Å². The molecule has 0 aromatic heterocycles. The lowest BCUT2D eigenvalue weighted by molar-refractivity contribution is -0.145. The van der Waals surface area contributed by atoms with Crippen LogP contribution in [0.1, 0.15) is 113 Å². The number of rotatable bonds is 27. The average Bonchev–Trinajstić information content (AvgIpc) is 3.02. The van der Waals surface area contributed by atoms with Gasteiger partial charge in [-0.05, 0) is 67.6 Å². The lowest BCUT2D eigenvalue weighted by atomic mass is 10.1. The van der Waals surface area contributed by atoms with Gasteiger partial charge in [0.05, 0.1) is 38.3 Å². The fourth-order valence-corrected chi connectivity index (χ4v) is 9.30. The summed E-state index contributed by atoms with van der Waals surface area (Å²) < 4.78 is 23.8. The van der Waals surface area contributed by atoms with Crippen LogP contribution in [0.4, 0.5) is 0 Å². The minimum Gasteiger partial charge on any atom is -0.466 e. The van der Waals surface area contributed by atoms with E-state index in [4.69, 9.17) is 23.4 Å². The number of carbonyl (C=O) groups is 3. The lowest BCUT2D eigenvalue weighted by Gasteiger charge is -2.38. The van der Waals surface area contributed by atoms with Crippen LogP contribution in [-0.4, -0.2) is 92.7 Å². The molecule has 2 atom stereocenters. The predicted molar refractivity (Wildman–Crippen MR) is 257 cm³/mol. The van der Waals surface area contributed by atoms with Crippen molar-refractivity contribution in [1.29, 1.82) is 0 Å². The molecule has 57 heavy (non-hydrogen) atoms. The summed E-state index contributed by atoms with van der Waals surface area (Å²) in [7, 11) is -6.41. The number of esters is 2. The summed E-state index contributed by atoms with van der Waals surface area (Å²) in [5.74, 6) is 0.387. The number of ether oxygens (including phenoxy) is 2. The Kier molecular flexibility index (Phi) is 29.3. The number of unbranched alkanes of at least 4 members (excludes halogenated alkanes) is 4. The molecule has 0 aromatic rings. The number of hydrogen-bond acceptors (Lipinski definition) is 9. The molecule has 0 aliphatic heterocycles. The number of allylic oxidation sites excluding steroid dienone is 1. The Balaban J connectivity index is 0. The second-order valence-electron chi connectivity index (χ2n) is 20.8. The molecule has 336 valence electrons. The molecule has 0 spiro atoms. The van der Waals surface area contributed by atoms with Crippen LogP contribution in [-0.2, 0) is 32.7 Å². The minimum absolute atomic E-state index is 0.0697. The predicted octanol–water partition coefficient (Wildman–Crippen LogP) is 12.8. The van der Waals surface area contributed by atoms with Crippen molar-refractivity contribution in [1.82, 2.24) is 0 Å². The number of aliphatic hydroxyl groups excluding tert-OH is 1. The van der Waals surface area contributed by atoms with E-state index in [2.05, 4.69) is 120 Å². The van der Waals surface area contributed by atoms with Crippen molar-refractivity contribution in [3.05, 3.63) is 24.3 Å². The van der Waals surface area contributed by atoms with Crippen LogP contribution in [0, 0.1) is 0 Å². The van der Waals surface area contributed by atoms with E-state index in [1.165, 1.54) is 31.0 Å². The molecule has 13 heteroatoms. The zero-order valence-electron chi connectivity index (χ0n) is 40.0. The quantitative estimate of drug-likeness (QED) is 0.0373. The van der Waals surface area contributed by atoms with Crippen molar-refractivity contribution in [3.63, 3.8) is 0 Å². The van der Waals surface area contributed by atoms with Crippen LogP contribution in [0.25, 0.3) is 0 Å². The van der Waals surface area contributed by atoms with E-state index < -0.39 is 32.8 Å². The maximum absolute atomic E-state index is 12.5. The molecule has 0 amide bonds. The minimum atomic E-state index is -2.02. The van der Waals surface area contributed by atoms with E-state index in [9.17, 15) is 14.4 Å². The highest BCUT2D eigenvalue weighted by atomic mass is 32.2. The van der Waals surface area contributed by atoms with Gasteiger partial charge < -0.3 is 23.4 Å². The van der Waals surface area contributed by atoms with Crippen molar-refractivity contribution in [3.8, 4) is 0 Å². The summed E-state index contributed by atoms with van der Waals surface area (Å²) in [5.41, 5.74) is 0. The van der Waals surface area contributed by atoms with Gasteiger partial charge in [-0.3, -0.25) is 14.4 Å². The fraction of sp³-hybridized carbons (Fsp3) is 0.841. The zero-order chi connectivity index (χ0) is 44.6. The monoisotopic (exact) mass is 891 g/mol. The second kappa shape index (κ2) is 28.7. The topological polar surface area (TPSA) is 108 Å². The molecule has 8 nitrogen and oxygen atoms in total. The Morgan fingerprint density at radius 2 is 1.04 bits per heavy atom. The van der Waals surface area contributed by atoms with Gasteiger partial charge in [-0.15, -0.1) is 0 Å². The SMILES string of the molecule is CC(C)(C)[Si](C)(C)O[C@H](/C=C/CCO)CC(=O)OCC[Si](C)(C)C.CCCCCCCC(=O)SCC/C=C/[C@H](CC(=O)OCC[Si](C)(C)C)O[Si](C)(C)C(C)(C)C. The van der Waals surface area contributed by atoms with Gasteiger partial charge in [0.15, 0.2) is 21.8 Å². The Labute approximate surface area is 360 Å².